The first kappa shape index (κ1) is 17.2. The van der Waals surface area contributed by atoms with Gasteiger partial charge in [-0.05, 0) is 24.0 Å². The maximum absolute atomic E-state index is 12.3. The van der Waals surface area contributed by atoms with Crippen molar-refractivity contribution < 1.29 is 15.0 Å². The third-order valence-corrected chi connectivity index (χ3v) is 5.52. The van der Waals surface area contributed by atoms with Crippen molar-refractivity contribution in [2.75, 3.05) is 6.54 Å². The highest BCUT2D eigenvalue weighted by Gasteiger charge is 2.45. The molecule has 7 nitrogen and oxygen atoms in total. The maximum Gasteiger partial charge on any atom is 0.254 e. The number of aliphatic hydroxyl groups is 2. The highest BCUT2D eigenvalue weighted by Crippen LogP contribution is 2.30. The highest BCUT2D eigenvalue weighted by atomic mass is 16.3. The summed E-state index contributed by atoms with van der Waals surface area (Å²) in [6, 6.07) is 7.43. The molecule has 1 amide bonds. The first-order valence-corrected chi connectivity index (χ1v) is 8.99. The van der Waals surface area contributed by atoms with Crippen molar-refractivity contribution in [2.45, 2.75) is 43.7 Å². The van der Waals surface area contributed by atoms with Crippen molar-refractivity contribution in [3.8, 4) is 0 Å². The largest absolute Gasteiger partial charge is 0.391 e. The Kier molecular flexibility index (Phi) is 4.52. The Morgan fingerprint density at radius 1 is 1.27 bits per heavy atom. The Morgan fingerprint density at radius 3 is 2.77 bits per heavy atom. The molecule has 26 heavy (non-hydrogen) atoms. The lowest BCUT2D eigenvalue weighted by Gasteiger charge is -2.37. The minimum absolute atomic E-state index is 0.279. The van der Waals surface area contributed by atoms with Gasteiger partial charge in [0, 0.05) is 26.3 Å². The average Bonchev–Trinajstić information content (AvgIpc) is 3.18. The van der Waals surface area contributed by atoms with Crippen LogP contribution < -0.4 is 5.32 Å². The summed E-state index contributed by atoms with van der Waals surface area (Å²) < 4.78 is 1.56. The van der Waals surface area contributed by atoms with Crippen LogP contribution in [-0.2, 0) is 20.0 Å². The first-order valence-electron chi connectivity index (χ1n) is 8.99. The molecule has 4 atom stereocenters. The summed E-state index contributed by atoms with van der Waals surface area (Å²) >= 11 is 0. The molecule has 1 aliphatic carbocycles. The summed E-state index contributed by atoms with van der Waals surface area (Å²) in [5.74, 6) is -0.279. The molecule has 7 heteroatoms. The van der Waals surface area contributed by atoms with E-state index in [1.807, 2.05) is 12.1 Å². The molecule has 0 unspecified atom stereocenters. The highest BCUT2D eigenvalue weighted by molar-refractivity contribution is 5.93. The minimum Gasteiger partial charge on any atom is -0.391 e. The monoisotopic (exact) mass is 356 g/mol. The van der Waals surface area contributed by atoms with Crippen molar-refractivity contribution in [2.24, 2.45) is 7.05 Å². The number of nitrogens with zero attached hydrogens (tertiary/aromatic N) is 3. The second kappa shape index (κ2) is 6.83. The van der Waals surface area contributed by atoms with Gasteiger partial charge < -0.3 is 15.5 Å². The van der Waals surface area contributed by atoms with E-state index >= 15 is 0 Å². The van der Waals surface area contributed by atoms with Crippen molar-refractivity contribution in [1.29, 1.82) is 0 Å². The number of carbonyl (C=O) groups is 1. The van der Waals surface area contributed by atoms with Gasteiger partial charge in [-0.3, -0.25) is 14.4 Å². The molecule has 1 aliphatic heterocycles. The van der Waals surface area contributed by atoms with Gasteiger partial charge >= 0.3 is 0 Å². The lowest BCUT2D eigenvalue weighted by Crippen LogP contribution is -2.51. The fourth-order valence-corrected chi connectivity index (χ4v) is 4.17. The Morgan fingerprint density at radius 2 is 2.04 bits per heavy atom. The molecule has 1 aromatic heterocycles. The zero-order valence-corrected chi connectivity index (χ0v) is 14.7. The maximum atomic E-state index is 12.3. The predicted octanol–water partition coefficient (Wildman–Crippen LogP) is 0.0709. The molecule has 1 fully saturated rings. The van der Waals surface area contributed by atoms with E-state index in [9.17, 15) is 15.0 Å². The number of carbonyl (C=O) groups excluding carboxylic acids is 1. The molecule has 4 rings (SSSR count). The Hall–Kier alpha value is -2.22. The van der Waals surface area contributed by atoms with Crippen LogP contribution in [0.4, 0.5) is 0 Å². The van der Waals surface area contributed by atoms with Crippen LogP contribution in [0.3, 0.4) is 0 Å². The third-order valence-electron chi connectivity index (χ3n) is 5.52. The van der Waals surface area contributed by atoms with E-state index in [0.717, 1.165) is 13.0 Å². The number of rotatable bonds is 3. The fraction of sp³-hybridized carbons (Fsp3) is 0.474. The second-order valence-electron chi connectivity index (χ2n) is 7.26. The van der Waals surface area contributed by atoms with Gasteiger partial charge in [0.25, 0.3) is 5.91 Å². The molecule has 1 saturated carbocycles. The summed E-state index contributed by atoms with van der Waals surface area (Å²) in [4.78, 5) is 14.5. The van der Waals surface area contributed by atoms with Gasteiger partial charge in [0.15, 0.2) is 0 Å². The topological polar surface area (TPSA) is 90.6 Å². The number of aromatic nitrogens is 2. The van der Waals surface area contributed by atoms with E-state index in [2.05, 4.69) is 27.4 Å². The van der Waals surface area contributed by atoms with Crippen LogP contribution in [0.5, 0.6) is 0 Å². The zero-order chi connectivity index (χ0) is 18.3. The lowest BCUT2D eigenvalue weighted by atomic mass is 9.97. The second-order valence-corrected chi connectivity index (χ2v) is 7.26. The van der Waals surface area contributed by atoms with E-state index < -0.39 is 18.2 Å². The van der Waals surface area contributed by atoms with E-state index in [1.165, 1.54) is 17.3 Å². The van der Waals surface area contributed by atoms with Crippen LogP contribution in [0, 0.1) is 0 Å². The van der Waals surface area contributed by atoms with Crippen LogP contribution in [0.1, 0.15) is 27.9 Å². The molecule has 0 saturated heterocycles. The third kappa shape index (κ3) is 3.13. The fourth-order valence-electron chi connectivity index (χ4n) is 4.17. The zero-order valence-electron chi connectivity index (χ0n) is 14.7. The molecule has 0 spiro atoms. The molecule has 2 heterocycles. The van der Waals surface area contributed by atoms with Crippen LogP contribution >= 0.6 is 0 Å². The van der Waals surface area contributed by atoms with Crippen molar-refractivity contribution in [3.05, 3.63) is 53.3 Å². The van der Waals surface area contributed by atoms with E-state index in [-0.39, 0.29) is 11.9 Å². The number of aryl methyl sites for hydroxylation is 1. The summed E-state index contributed by atoms with van der Waals surface area (Å²) in [6.45, 7) is 1.50. The molecule has 1 aromatic carbocycles. The van der Waals surface area contributed by atoms with Gasteiger partial charge in [0.1, 0.15) is 0 Å². The molecule has 2 aliphatic rings. The van der Waals surface area contributed by atoms with Gasteiger partial charge in [-0.15, -0.1) is 0 Å². The Bertz CT molecular complexity index is 806. The number of hydrogen-bond acceptors (Lipinski definition) is 5. The SMILES string of the molecule is Cn1cc(C(=O)N[C@@H]2C[C@H](O)[C@@H](N3CCc4ccccc4C3)[C@@H]2O)cn1. The van der Waals surface area contributed by atoms with E-state index in [4.69, 9.17) is 0 Å². The predicted molar refractivity (Wildman–Crippen MR) is 95.4 cm³/mol. The van der Waals surface area contributed by atoms with Crippen LogP contribution in [0.2, 0.25) is 0 Å². The molecular formula is C19H24N4O3. The molecular weight excluding hydrogens is 332 g/mol. The number of nitrogens with one attached hydrogen (secondary N) is 1. The number of amides is 1. The summed E-state index contributed by atoms with van der Waals surface area (Å²) in [7, 11) is 1.75. The summed E-state index contributed by atoms with van der Waals surface area (Å²) in [6.07, 6.45) is 2.89. The van der Waals surface area contributed by atoms with Crippen LogP contribution in [0.25, 0.3) is 0 Å². The van der Waals surface area contributed by atoms with Crippen molar-refractivity contribution >= 4 is 5.91 Å². The van der Waals surface area contributed by atoms with Crippen molar-refractivity contribution in [3.63, 3.8) is 0 Å². The number of fused-ring (bicyclic) bond motifs is 1. The van der Waals surface area contributed by atoms with E-state index in [1.54, 1.807) is 17.9 Å². The minimum atomic E-state index is -0.809. The van der Waals surface area contributed by atoms with Gasteiger partial charge in [0.2, 0.25) is 0 Å². The number of aliphatic hydroxyl groups excluding tert-OH is 2. The first-order chi connectivity index (χ1) is 12.5. The lowest BCUT2D eigenvalue weighted by molar-refractivity contribution is 0.00128. The number of hydrogen-bond donors (Lipinski definition) is 3. The molecule has 3 N–H and O–H groups in total. The normalized spacial score (nSPS) is 28.7. The van der Waals surface area contributed by atoms with Gasteiger partial charge in [-0.2, -0.15) is 5.10 Å². The molecule has 0 radical (unpaired) electrons. The molecule has 138 valence electrons. The van der Waals surface area contributed by atoms with Gasteiger partial charge in [0.05, 0.1) is 36.1 Å². The van der Waals surface area contributed by atoms with Crippen LogP contribution in [-0.4, -0.2) is 61.6 Å². The smallest absolute Gasteiger partial charge is 0.254 e. The Balaban J connectivity index is 1.45. The van der Waals surface area contributed by atoms with Crippen LogP contribution in [0.15, 0.2) is 36.7 Å². The standard InChI is InChI=1S/C19H24N4O3/c1-22-10-14(9-20-22)19(26)21-15-8-16(24)17(18(15)25)23-7-6-12-4-2-3-5-13(12)11-23/h2-5,9-10,15-18,24-25H,6-8,11H2,1H3,(H,21,26)/t15-,16+,17-,18-/m1/s1. The Labute approximate surface area is 152 Å². The van der Waals surface area contributed by atoms with Gasteiger partial charge in [-0.25, -0.2) is 0 Å². The van der Waals surface area contributed by atoms with E-state index in [0.29, 0.717) is 18.5 Å². The summed E-state index contributed by atoms with van der Waals surface area (Å²) in [5, 5.41) is 28.2. The van der Waals surface area contributed by atoms with Crippen molar-refractivity contribution in [1.82, 2.24) is 20.0 Å². The average molecular weight is 356 g/mol. The van der Waals surface area contributed by atoms with Gasteiger partial charge in [-0.1, -0.05) is 24.3 Å². The molecule has 2 aromatic rings. The summed E-state index contributed by atoms with van der Waals surface area (Å²) in [5.41, 5.74) is 3.01. The molecule has 0 bridgehead atoms. The number of benzene rings is 1. The quantitative estimate of drug-likeness (QED) is 0.724.